The maximum absolute atomic E-state index is 12.8. The van der Waals surface area contributed by atoms with Crippen LogP contribution in [0.1, 0.15) is 67.0 Å². The summed E-state index contributed by atoms with van der Waals surface area (Å²) in [6, 6.07) is 25.4. The molecule has 1 amide bonds. The number of aliphatic hydroxyl groups excluding tert-OH is 1. The van der Waals surface area contributed by atoms with E-state index in [0.29, 0.717) is 31.4 Å². The molecule has 50 heavy (non-hydrogen) atoms. The third-order valence-electron chi connectivity index (χ3n) is 8.84. The summed E-state index contributed by atoms with van der Waals surface area (Å²) in [5.41, 5.74) is 2.30. The Balaban J connectivity index is 1.24. The smallest absolute Gasteiger partial charge is 0.303 e. The third-order valence-corrected chi connectivity index (χ3v) is 8.84. The molecule has 260 valence electrons. The van der Waals surface area contributed by atoms with Gasteiger partial charge in [0, 0.05) is 12.8 Å². The fraction of sp³-hybridized carbons (Fsp3) is 0.324. The van der Waals surface area contributed by atoms with E-state index in [0.717, 1.165) is 22.3 Å². The van der Waals surface area contributed by atoms with Crippen molar-refractivity contribution >= 4 is 29.0 Å². The van der Waals surface area contributed by atoms with Crippen molar-refractivity contribution in [3.63, 3.8) is 0 Å². The van der Waals surface area contributed by atoms with E-state index in [4.69, 9.17) is 19.3 Å². The van der Waals surface area contributed by atoms with Crippen molar-refractivity contribution in [2.75, 3.05) is 19.0 Å². The molecule has 13 heteroatoms. The zero-order chi connectivity index (χ0) is 35.1. The van der Waals surface area contributed by atoms with Crippen LogP contribution < -0.4 is 15.6 Å². The highest BCUT2D eigenvalue weighted by Crippen LogP contribution is 2.42. The monoisotopic (exact) mass is 681 g/mol. The number of aromatic nitrogens is 4. The molecule has 13 nitrogen and oxygen atoms in total. The SMILES string of the molecule is COc1ccc(C(OC[C@@H]2CC[C@H](n3cnc4c(=O)[nH]c(NC(=O)CCCCC(=O)O)nc43)O2)(c2ccccc2)c2ccc(CO)cc2)cc1. The number of hydrogen-bond acceptors (Lipinski definition) is 9. The minimum absolute atomic E-state index is 0.0205. The van der Waals surface area contributed by atoms with Gasteiger partial charge < -0.3 is 24.4 Å². The largest absolute Gasteiger partial charge is 0.497 e. The third kappa shape index (κ3) is 7.44. The second-order valence-corrected chi connectivity index (χ2v) is 12.1. The van der Waals surface area contributed by atoms with E-state index < -0.39 is 23.4 Å². The summed E-state index contributed by atoms with van der Waals surface area (Å²) in [5.74, 6) is -0.612. The van der Waals surface area contributed by atoms with Crippen molar-refractivity contribution in [3.8, 4) is 5.75 Å². The first kappa shape index (κ1) is 34.5. The van der Waals surface area contributed by atoms with Gasteiger partial charge in [-0.15, -0.1) is 0 Å². The molecule has 4 N–H and O–H groups in total. The number of aromatic amines is 1. The molecule has 1 saturated heterocycles. The zero-order valence-electron chi connectivity index (χ0n) is 27.6. The first-order chi connectivity index (χ1) is 24.3. The number of carboxylic acid groups (broad SMARTS) is 1. The lowest BCUT2D eigenvalue weighted by Crippen LogP contribution is -2.35. The molecule has 0 aliphatic carbocycles. The van der Waals surface area contributed by atoms with Gasteiger partial charge in [0.25, 0.3) is 5.56 Å². The summed E-state index contributed by atoms with van der Waals surface area (Å²) in [7, 11) is 1.62. The van der Waals surface area contributed by atoms with E-state index in [-0.39, 0.29) is 55.2 Å². The number of carbonyl (C=O) groups excluding carboxylic acids is 1. The number of rotatable bonds is 15. The molecule has 1 fully saturated rings. The number of hydrogen-bond donors (Lipinski definition) is 4. The van der Waals surface area contributed by atoms with E-state index in [9.17, 15) is 19.5 Å². The lowest BCUT2D eigenvalue weighted by Gasteiger charge is -2.37. The van der Waals surface area contributed by atoms with Gasteiger partial charge in [0.15, 0.2) is 11.2 Å². The molecule has 1 unspecified atom stereocenters. The van der Waals surface area contributed by atoms with Gasteiger partial charge in [0.2, 0.25) is 11.9 Å². The number of anilines is 1. The molecule has 0 spiro atoms. The number of carbonyl (C=O) groups is 2. The Hall–Kier alpha value is -5.37. The normalized spacial score (nSPS) is 17.0. The number of ether oxygens (including phenoxy) is 3. The number of carboxylic acids is 1. The summed E-state index contributed by atoms with van der Waals surface area (Å²) in [5, 5.41) is 21.1. The molecule has 3 heterocycles. The predicted molar refractivity (Wildman–Crippen MR) is 184 cm³/mol. The van der Waals surface area contributed by atoms with Crippen LogP contribution in [0.3, 0.4) is 0 Å². The molecule has 1 aliphatic heterocycles. The van der Waals surface area contributed by atoms with Gasteiger partial charge in [-0.05, 0) is 60.1 Å². The summed E-state index contributed by atoms with van der Waals surface area (Å²) >= 11 is 0. The number of nitrogens with one attached hydrogen (secondary N) is 2. The van der Waals surface area contributed by atoms with Crippen LogP contribution >= 0.6 is 0 Å². The summed E-state index contributed by atoms with van der Waals surface area (Å²) in [4.78, 5) is 47.3. The summed E-state index contributed by atoms with van der Waals surface area (Å²) < 4.78 is 20.6. The van der Waals surface area contributed by atoms with Crippen molar-refractivity contribution in [1.29, 1.82) is 0 Å². The second-order valence-electron chi connectivity index (χ2n) is 12.1. The van der Waals surface area contributed by atoms with Gasteiger partial charge in [-0.25, -0.2) is 4.98 Å². The molecule has 2 aromatic heterocycles. The fourth-order valence-corrected chi connectivity index (χ4v) is 6.28. The highest BCUT2D eigenvalue weighted by Gasteiger charge is 2.40. The van der Waals surface area contributed by atoms with Crippen LogP contribution in [0, 0.1) is 0 Å². The molecule has 0 radical (unpaired) electrons. The molecule has 3 aromatic carbocycles. The maximum Gasteiger partial charge on any atom is 0.303 e. The Labute approximate surface area is 287 Å². The van der Waals surface area contributed by atoms with Gasteiger partial charge in [-0.1, -0.05) is 66.7 Å². The number of methoxy groups -OCH3 is 1. The van der Waals surface area contributed by atoms with Gasteiger partial charge in [-0.3, -0.25) is 29.3 Å². The van der Waals surface area contributed by atoms with Gasteiger partial charge >= 0.3 is 5.97 Å². The Bertz CT molecular complexity index is 1930. The predicted octanol–water partition coefficient (Wildman–Crippen LogP) is 4.89. The number of aliphatic hydroxyl groups is 1. The van der Waals surface area contributed by atoms with Crippen molar-refractivity contribution in [2.45, 2.75) is 63.1 Å². The standard InChI is InChI=1S/C37H39N5O8/c1-48-28-17-15-27(16-18-28)37(25-7-3-2-4-8-25,26-13-11-24(21-43)12-14-26)49-22-29-19-20-31(50-29)42-23-38-33-34(42)40-36(41-35(33)47)39-30(44)9-5-6-10-32(45)46/h2-4,7-8,11-18,23,29,31,43H,5-6,9-10,19-22H2,1H3,(H,45,46)(H2,39,40,41,44,47)/t29-,31+,37?/m0/s1. The number of fused-ring (bicyclic) bond motifs is 1. The van der Waals surface area contributed by atoms with Crippen LogP contribution in [0.25, 0.3) is 11.2 Å². The summed E-state index contributed by atoms with van der Waals surface area (Å²) in [6.07, 6.45) is 2.79. The second kappa shape index (κ2) is 15.5. The maximum atomic E-state index is 12.8. The zero-order valence-corrected chi connectivity index (χ0v) is 27.6. The van der Waals surface area contributed by atoms with Crippen LogP contribution in [0.4, 0.5) is 5.95 Å². The number of H-pyrrole nitrogens is 1. The van der Waals surface area contributed by atoms with E-state index in [1.54, 1.807) is 11.7 Å². The molecule has 0 saturated carbocycles. The number of benzene rings is 3. The molecule has 3 atom stereocenters. The minimum atomic E-state index is -1.03. The summed E-state index contributed by atoms with van der Waals surface area (Å²) in [6.45, 7) is 0.147. The Morgan fingerprint density at radius 2 is 1.66 bits per heavy atom. The fourth-order valence-electron chi connectivity index (χ4n) is 6.28. The highest BCUT2D eigenvalue weighted by atomic mass is 16.6. The van der Waals surface area contributed by atoms with Crippen LogP contribution in [-0.2, 0) is 31.3 Å². The first-order valence-electron chi connectivity index (χ1n) is 16.5. The Kier molecular flexibility index (Phi) is 10.7. The number of imidazole rings is 1. The highest BCUT2D eigenvalue weighted by molar-refractivity contribution is 5.89. The molecule has 1 aliphatic rings. The number of nitrogens with zero attached hydrogens (tertiary/aromatic N) is 3. The lowest BCUT2D eigenvalue weighted by atomic mass is 9.79. The molecule has 0 bridgehead atoms. The van der Waals surface area contributed by atoms with E-state index in [1.807, 2.05) is 78.9 Å². The van der Waals surface area contributed by atoms with E-state index >= 15 is 0 Å². The topological polar surface area (TPSA) is 178 Å². The minimum Gasteiger partial charge on any atom is -0.497 e. The number of aliphatic carboxylic acids is 1. The van der Waals surface area contributed by atoms with Crippen LogP contribution in [0.15, 0.2) is 90.0 Å². The van der Waals surface area contributed by atoms with E-state index in [2.05, 4.69) is 20.3 Å². The first-order valence-corrected chi connectivity index (χ1v) is 16.5. The van der Waals surface area contributed by atoms with Gasteiger partial charge in [0.1, 0.15) is 17.6 Å². The van der Waals surface area contributed by atoms with Gasteiger partial charge in [0.05, 0.1) is 32.8 Å². The van der Waals surface area contributed by atoms with Crippen LogP contribution in [0.5, 0.6) is 5.75 Å². The Morgan fingerprint density at radius 3 is 2.34 bits per heavy atom. The average Bonchev–Trinajstić information content (AvgIpc) is 3.79. The van der Waals surface area contributed by atoms with Crippen molar-refractivity contribution in [3.05, 3.63) is 118 Å². The van der Waals surface area contributed by atoms with Crippen molar-refractivity contribution in [1.82, 2.24) is 19.5 Å². The lowest BCUT2D eigenvalue weighted by molar-refractivity contribution is -0.137. The molecule has 6 rings (SSSR count). The van der Waals surface area contributed by atoms with Crippen molar-refractivity contribution in [2.24, 2.45) is 0 Å². The van der Waals surface area contributed by atoms with Crippen molar-refractivity contribution < 1.29 is 34.0 Å². The average molecular weight is 682 g/mol. The quantitative estimate of drug-likeness (QED) is 0.0879. The molecular weight excluding hydrogens is 642 g/mol. The Morgan fingerprint density at radius 1 is 0.980 bits per heavy atom. The van der Waals surface area contributed by atoms with Crippen LogP contribution in [0.2, 0.25) is 0 Å². The molecular formula is C37H39N5O8. The van der Waals surface area contributed by atoms with E-state index in [1.165, 1.54) is 6.33 Å². The number of unbranched alkanes of at least 4 members (excludes halogenated alkanes) is 1. The molecule has 5 aromatic rings. The van der Waals surface area contributed by atoms with Gasteiger partial charge in [-0.2, -0.15) is 4.98 Å². The van der Waals surface area contributed by atoms with Crippen LogP contribution in [-0.4, -0.2) is 61.4 Å². The number of amides is 1.